The van der Waals surface area contributed by atoms with Crippen LogP contribution in [0.2, 0.25) is 0 Å². The number of alkyl halides is 3. The molecule has 208 valence electrons. The lowest BCUT2D eigenvalue weighted by molar-refractivity contribution is -0.137. The van der Waals surface area contributed by atoms with E-state index in [2.05, 4.69) is 29.0 Å². The van der Waals surface area contributed by atoms with E-state index in [1.165, 1.54) is 43.5 Å². The van der Waals surface area contributed by atoms with Gasteiger partial charge in [0.1, 0.15) is 12.4 Å². The molecule has 9 heteroatoms. The highest BCUT2D eigenvalue weighted by Crippen LogP contribution is 2.38. The molecule has 2 heterocycles. The molecular formula is C30H34F3N3O3. The van der Waals surface area contributed by atoms with Crippen LogP contribution >= 0.6 is 0 Å². The van der Waals surface area contributed by atoms with Crippen LogP contribution in [-0.4, -0.2) is 54.2 Å². The van der Waals surface area contributed by atoms with Crippen molar-refractivity contribution in [3.05, 3.63) is 88.5 Å². The van der Waals surface area contributed by atoms with Gasteiger partial charge in [-0.25, -0.2) is 0 Å². The minimum Gasteiger partial charge on any atom is -0.492 e. The number of allylic oxidation sites excluding steroid dienone is 4. The predicted octanol–water partition coefficient (Wildman–Crippen LogP) is 6.05. The Bertz CT molecular complexity index is 1270. The lowest BCUT2D eigenvalue weighted by Gasteiger charge is -2.35. The van der Waals surface area contributed by atoms with E-state index in [1.54, 1.807) is 0 Å². The van der Waals surface area contributed by atoms with E-state index in [9.17, 15) is 18.0 Å². The Hall–Kier alpha value is -3.43. The number of morpholine rings is 1. The average Bonchev–Trinajstić information content (AvgIpc) is 3.03. The summed E-state index contributed by atoms with van der Waals surface area (Å²) in [6, 6.07) is 7.30. The van der Waals surface area contributed by atoms with E-state index in [1.807, 2.05) is 25.2 Å². The van der Waals surface area contributed by atoms with Gasteiger partial charge in [-0.2, -0.15) is 13.2 Å². The van der Waals surface area contributed by atoms with Crippen LogP contribution in [0.25, 0.3) is 11.3 Å². The lowest BCUT2D eigenvalue weighted by atomic mass is 10.00. The second kappa shape index (κ2) is 12.2. The van der Waals surface area contributed by atoms with E-state index in [4.69, 9.17) is 9.47 Å². The van der Waals surface area contributed by atoms with Crippen molar-refractivity contribution in [2.75, 3.05) is 26.2 Å². The molecule has 2 atom stereocenters. The van der Waals surface area contributed by atoms with Crippen molar-refractivity contribution < 1.29 is 27.4 Å². The maximum absolute atomic E-state index is 13.6. The topological polar surface area (TPSA) is 63.7 Å². The highest BCUT2D eigenvalue weighted by Gasteiger charge is 2.36. The fourth-order valence-electron chi connectivity index (χ4n) is 4.89. The van der Waals surface area contributed by atoms with Crippen molar-refractivity contribution in [3.8, 4) is 11.3 Å². The van der Waals surface area contributed by atoms with Crippen LogP contribution in [0.1, 0.15) is 48.7 Å². The molecule has 1 aliphatic heterocycles. The number of aromatic nitrogens is 1. The summed E-state index contributed by atoms with van der Waals surface area (Å²) in [5.41, 5.74) is 1.35. The molecule has 1 aromatic heterocycles. The Morgan fingerprint density at radius 3 is 2.46 bits per heavy atom. The zero-order chi connectivity index (χ0) is 28.2. The van der Waals surface area contributed by atoms with Gasteiger partial charge in [-0.3, -0.25) is 14.7 Å². The van der Waals surface area contributed by atoms with Gasteiger partial charge in [0, 0.05) is 48.7 Å². The van der Waals surface area contributed by atoms with Gasteiger partial charge in [0.2, 0.25) is 0 Å². The Kier molecular flexibility index (Phi) is 8.92. The fraction of sp³-hybridized carbons (Fsp3) is 0.400. The molecule has 39 heavy (non-hydrogen) atoms. The molecule has 1 aliphatic carbocycles. The molecule has 2 aliphatic rings. The number of hydrogen-bond acceptors (Lipinski definition) is 5. The zero-order valence-corrected chi connectivity index (χ0v) is 22.6. The Labute approximate surface area is 227 Å². The SMILES string of the molecule is CC1=CCC=C(NC(=O)c2ccc(-c3nccc(C)c3C(F)(F)F)cc2)C=C1OCCN1CC(C)OC(C)C1. The third kappa shape index (κ3) is 7.36. The molecule has 1 fully saturated rings. The van der Waals surface area contributed by atoms with Crippen molar-refractivity contribution in [2.24, 2.45) is 0 Å². The average molecular weight is 542 g/mol. The first-order valence-corrected chi connectivity index (χ1v) is 13.1. The van der Waals surface area contributed by atoms with Gasteiger partial charge in [0.15, 0.2) is 0 Å². The molecule has 2 aromatic rings. The predicted molar refractivity (Wildman–Crippen MR) is 144 cm³/mol. The van der Waals surface area contributed by atoms with Crippen LogP contribution in [0.5, 0.6) is 0 Å². The van der Waals surface area contributed by atoms with Crippen molar-refractivity contribution >= 4 is 5.91 Å². The van der Waals surface area contributed by atoms with Gasteiger partial charge in [0.25, 0.3) is 5.91 Å². The third-order valence-electron chi connectivity index (χ3n) is 6.72. The maximum Gasteiger partial charge on any atom is 0.418 e. The number of nitrogens with one attached hydrogen (secondary N) is 1. The molecule has 0 saturated carbocycles. The monoisotopic (exact) mass is 541 g/mol. The highest BCUT2D eigenvalue weighted by atomic mass is 19.4. The van der Waals surface area contributed by atoms with Gasteiger partial charge in [-0.15, -0.1) is 0 Å². The molecule has 4 rings (SSSR count). The summed E-state index contributed by atoms with van der Waals surface area (Å²) in [7, 11) is 0. The Morgan fingerprint density at radius 2 is 1.79 bits per heavy atom. The van der Waals surface area contributed by atoms with Crippen LogP contribution in [0.4, 0.5) is 13.2 Å². The smallest absolute Gasteiger partial charge is 0.418 e. The number of halogens is 3. The molecule has 1 saturated heterocycles. The number of amides is 1. The van der Waals surface area contributed by atoms with E-state index in [0.717, 1.165) is 25.2 Å². The molecular weight excluding hydrogens is 507 g/mol. The second-order valence-corrected chi connectivity index (χ2v) is 10.0. The van der Waals surface area contributed by atoms with Crippen molar-refractivity contribution in [1.82, 2.24) is 15.2 Å². The number of hydrogen-bond donors (Lipinski definition) is 1. The quantitative estimate of drug-likeness (QED) is 0.463. The van der Waals surface area contributed by atoms with Crippen LogP contribution in [0, 0.1) is 6.92 Å². The normalized spacial score (nSPS) is 20.4. The van der Waals surface area contributed by atoms with Crippen LogP contribution in [-0.2, 0) is 15.7 Å². The van der Waals surface area contributed by atoms with Crippen molar-refractivity contribution in [1.29, 1.82) is 0 Å². The number of rotatable bonds is 7. The largest absolute Gasteiger partial charge is 0.492 e. The van der Waals surface area contributed by atoms with Gasteiger partial charge >= 0.3 is 6.18 Å². The summed E-state index contributed by atoms with van der Waals surface area (Å²) in [5, 5.41) is 2.89. The number of carbonyl (C=O) groups excluding carboxylic acids is 1. The minimum atomic E-state index is -4.53. The molecule has 2 unspecified atom stereocenters. The molecule has 1 amide bonds. The van der Waals surface area contributed by atoms with E-state index >= 15 is 0 Å². The lowest BCUT2D eigenvalue weighted by Crippen LogP contribution is -2.46. The molecule has 1 N–H and O–H groups in total. The summed E-state index contributed by atoms with van der Waals surface area (Å²) in [4.78, 5) is 19.3. The van der Waals surface area contributed by atoms with Crippen LogP contribution in [0.3, 0.4) is 0 Å². The van der Waals surface area contributed by atoms with Gasteiger partial charge in [-0.05, 0) is 63.5 Å². The summed E-state index contributed by atoms with van der Waals surface area (Å²) in [6.45, 7) is 10.5. The summed E-state index contributed by atoms with van der Waals surface area (Å²) < 4.78 is 52.7. The van der Waals surface area contributed by atoms with Crippen molar-refractivity contribution in [2.45, 2.75) is 52.5 Å². The zero-order valence-electron chi connectivity index (χ0n) is 22.6. The molecule has 1 aromatic carbocycles. The summed E-state index contributed by atoms with van der Waals surface area (Å²) >= 11 is 0. The van der Waals surface area contributed by atoms with Crippen LogP contribution < -0.4 is 5.32 Å². The fourth-order valence-corrected chi connectivity index (χ4v) is 4.89. The van der Waals surface area contributed by atoms with Gasteiger partial charge < -0.3 is 14.8 Å². The second-order valence-electron chi connectivity index (χ2n) is 10.0. The third-order valence-corrected chi connectivity index (χ3v) is 6.72. The molecule has 0 spiro atoms. The van der Waals surface area contributed by atoms with E-state index in [0.29, 0.717) is 30.0 Å². The van der Waals surface area contributed by atoms with Crippen LogP contribution in [0.15, 0.2) is 71.8 Å². The van der Waals surface area contributed by atoms with Gasteiger partial charge in [0.05, 0.1) is 23.5 Å². The highest BCUT2D eigenvalue weighted by molar-refractivity contribution is 5.96. The van der Waals surface area contributed by atoms with E-state index < -0.39 is 11.7 Å². The first-order valence-electron chi connectivity index (χ1n) is 13.1. The summed E-state index contributed by atoms with van der Waals surface area (Å²) in [5.74, 6) is 0.321. The Morgan fingerprint density at radius 1 is 1.10 bits per heavy atom. The number of carbonyl (C=O) groups is 1. The van der Waals surface area contributed by atoms with Crippen molar-refractivity contribution in [3.63, 3.8) is 0 Å². The number of nitrogens with zero attached hydrogens (tertiary/aromatic N) is 2. The number of pyridine rings is 1. The first-order chi connectivity index (χ1) is 18.5. The standard InChI is InChI=1S/C30H34F3N3O3/c1-19-6-5-7-25(16-26(19)38-15-14-36-17-21(3)39-22(4)18-36)35-29(37)24-10-8-23(9-11-24)28-27(30(31,32)33)20(2)12-13-34-28/h6-13,16,21-22H,5,14-15,17-18H2,1-4H3,(H,35,37). The Balaban J connectivity index is 1.41. The van der Waals surface area contributed by atoms with Gasteiger partial charge in [-0.1, -0.05) is 24.3 Å². The number of ether oxygens (including phenoxy) is 2. The number of aryl methyl sites for hydroxylation is 1. The van der Waals surface area contributed by atoms with E-state index in [-0.39, 0.29) is 34.9 Å². The minimum absolute atomic E-state index is 0.0948. The maximum atomic E-state index is 13.6. The molecule has 0 bridgehead atoms. The molecule has 0 radical (unpaired) electrons. The summed E-state index contributed by atoms with van der Waals surface area (Å²) in [6.07, 6.45) is 3.55. The number of benzene rings is 1. The molecule has 6 nitrogen and oxygen atoms in total. The first kappa shape index (κ1) is 28.6.